The molecule has 1 aliphatic heterocycles. The van der Waals surface area contributed by atoms with E-state index in [0.29, 0.717) is 13.0 Å². The Balaban J connectivity index is 2.71. The average molecular weight is 244 g/mol. The molecule has 0 N–H and O–H groups in total. The summed E-state index contributed by atoms with van der Waals surface area (Å²) >= 11 is 0. The number of ketones is 1. The third-order valence-corrected chi connectivity index (χ3v) is 2.41. The first-order valence-electron chi connectivity index (χ1n) is 5.61. The maximum absolute atomic E-state index is 11.7. The molecule has 2 unspecified atom stereocenters. The molecule has 0 bridgehead atoms. The molecule has 1 aliphatic rings. The van der Waals surface area contributed by atoms with Crippen LogP contribution in [0.1, 0.15) is 20.3 Å². The van der Waals surface area contributed by atoms with Gasteiger partial charge in [-0.1, -0.05) is 0 Å². The predicted octanol–water partition coefficient (Wildman–Crippen LogP) is 0.0868. The summed E-state index contributed by atoms with van der Waals surface area (Å²) in [5.41, 5.74) is 0. The van der Waals surface area contributed by atoms with Crippen molar-refractivity contribution in [3.05, 3.63) is 0 Å². The van der Waals surface area contributed by atoms with E-state index in [1.165, 1.54) is 0 Å². The Morgan fingerprint density at radius 3 is 2.24 bits per heavy atom. The van der Waals surface area contributed by atoms with E-state index < -0.39 is 29.7 Å². The van der Waals surface area contributed by atoms with E-state index in [9.17, 15) is 14.4 Å². The minimum Gasteiger partial charge on any atom is -0.465 e. The number of hydrogen-bond acceptors (Lipinski definition) is 6. The molecule has 1 fully saturated rings. The van der Waals surface area contributed by atoms with Crippen LogP contribution in [0.2, 0.25) is 0 Å². The highest BCUT2D eigenvalue weighted by atomic mass is 16.6. The molecule has 2 atom stereocenters. The molecule has 6 heteroatoms. The minimum atomic E-state index is -1.19. The number of rotatable bonds is 6. The molecule has 1 saturated heterocycles. The van der Waals surface area contributed by atoms with Crippen LogP contribution in [0.25, 0.3) is 0 Å². The molecule has 1 heterocycles. The largest absolute Gasteiger partial charge is 0.465 e. The maximum Gasteiger partial charge on any atom is 0.375 e. The molecule has 0 radical (unpaired) electrons. The molecule has 0 aromatic carbocycles. The lowest BCUT2D eigenvalue weighted by atomic mass is 9.92. The van der Waals surface area contributed by atoms with Gasteiger partial charge in [0, 0.05) is 6.61 Å². The number of hydrogen-bond donors (Lipinski definition) is 0. The molecule has 0 amide bonds. The van der Waals surface area contributed by atoms with E-state index in [0.717, 1.165) is 0 Å². The van der Waals surface area contributed by atoms with Crippen molar-refractivity contribution in [2.45, 2.75) is 26.4 Å². The first-order valence-corrected chi connectivity index (χ1v) is 5.61. The summed E-state index contributed by atoms with van der Waals surface area (Å²) in [6.45, 7) is 3.94. The molecule has 0 spiro atoms. The summed E-state index contributed by atoms with van der Waals surface area (Å²) in [6, 6.07) is 0. The molecule has 96 valence electrons. The lowest BCUT2D eigenvalue weighted by Gasteiger charge is -2.31. The smallest absolute Gasteiger partial charge is 0.375 e. The Morgan fingerprint density at radius 1 is 1.24 bits per heavy atom. The molecule has 1 rings (SSSR count). The van der Waals surface area contributed by atoms with Gasteiger partial charge in [-0.2, -0.15) is 0 Å². The second kappa shape index (κ2) is 6.34. The monoisotopic (exact) mass is 244 g/mol. The average Bonchev–Trinajstić information content (AvgIpc) is 2.22. The van der Waals surface area contributed by atoms with Crippen molar-refractivity contribution in [1.82, 2.24) is 0 Å². The quantitative estimate of drug-likeness (QED) is 0.374. The summed E-state index contributed by atoms with van der Waals surface area (Å²) in [5.74, 6) is -3.82. The van der Waals surface area contributed by atoms with Gasteiger partial charge in [0.2, 0.25) is 0 Å². The van der Waals surface area contributed by atoms with Gasteiger partial charge in [-0.3, -0.25) is 9.59 Å². The van der Waals surface area contributed by atoms with Gasteiger partial charge in [-0.15, -0.1) is 0 Å². The summed E-state index contributed by atoms with van der Waals surface area (Å²) in [4.78, 5) is 34.6. The SMILES string of the molecule is CCOC(=O)C(=O)C(C(=O)OCC)C1CCO1. The number of Topliss-reactive ketones (excluding diaryl/α,β-unsaturated/α-hetero) is 1. The third-order valence-electron chi connectivity index (χ3n) is 2.41. The van der Waals surface area contributed by atoms with Crippen molar-refractivity contribution in [3.63, 3.8) is 0 Å². The van der Waals surface area contributed by atoms with Gasteiger partial charge in [0.1, 0.15) is 0 Å². The number of carbonyl (C=O) groups excluding carboxylic acids is 3. The van der Waals surface area contributed by atoms with E-state index >= 15 is 0 Å². The van der Waals surface area contributed by atoms with Crippen LogP contribution in [-0.2, 0) is 28.6 Å². The summed E-state index contributed by atoms with van der Waals surface area (Å²) in [5, 5.41) is 0. The van der Waals surface area contributed by atoms with E-state index in [1.807, 2.05) is 0 Å². The lowest BCUT2D eigenvalue weighted by Crippen LogP contribution is -2.46. The molecule has 17 heavy (non-hydrogen) atoms. The van der Waals surface area contributed by atoms with Crippen LogP contribution >= 0.6 is 0 Å². The van der Waals surface area contributed by atoms with E-state index in [2.05, 4.69) is 4.74 Å². The van der Waals surface area contributed by atoms with Gasteiger partial charge in [-0.05, 0) is 20.3 Å². The van der Waals surface area contributed by atoms with Crippen molar-refractivity contribution < 1.29 is 28.6 Å². The zero-order valence-corrected chi connectivity index (χ0v) is 9.93. The number of carbonyl (C=O) groups is 3. The molecule has 0 aromatic heterocycles. The summed E-state index contributed by atoms with van der Waals surface area (Å²) in [7, 11) is 0. The molecular formula is C11H16O6. The van der Waals surface area contributed by atoms with Crippen LogP contribution in [-0.4, -0.2) is 43.6 Å². The maximum atomic E-state index is 11.7. The van der Waals surface area contributed by atoms with E-state index in [-0.39, 0.29) is 13.2 Å². The Labute approximate surface area is 99.2 Å². The fourth-order valence-electron chi connectivity index (χ4n) is 1.51. The fraction of sp³-hybridized carbons (Fsp3) is 0.727. The van der Waals surface area contributed by atoms with Gasteiger partial charge >= 0.3 is 11.9 Å². The van der Waals surface area contributed by atoms with Crippen molar-refractivity contribution >= 4 is 17.7 Å². The van der Waals surface area contributed by atoms with Gasteiger partial charge in [0.05, 0.1) is 19.3 Å². The van der Waals surface area contributed by atoms with Crippen LogP contribution in [0.4, 0.5) is 0 Å². The van der Waals surface area contributed by atoms with Crippen molar-refractivity contribution in [1.29, 1.82) is 0 Å². The van der Waals surface area contributed by atoms with E-state index in [1.54, 1.807) is 13.8 Å². The standard InChI is InChI=1S/C11H16O6/c1-3-15-10(13)8(7-5-6-17-7)9(12)11(14)16-4-2/h7-8H,3-6H2,1-2H3. The van der Waals surface area contributed by atoms with Crippen LogP contribution in [0.3, 0.4) is 0 Å². The van der Waals surface area contributed by atoms with Gasteiger partial charge in [0.15, 0.2) is 5.92 Å². The van der Waals surface area contributed by atoms with Gasteiger partial charge in [-0.25, -0.2) is 4.79 Å². The zero-order chi connectivity index (χ0) is 12.8. The molecule has 6 nitrogen and oxygen atoms in total. The highest BCUT2D eigenvalue weighted by Gasteiger charge is 2.43. The number of esters is 2. The molecule has 0 saturated carbocycles. The van der Waals surface area contributed by atoms with Crippen LogP contribution in [0.5, 0.6) is 0 Å². The van der Waals surface area contributed by atoms with Crippen molar-refractivity contribution in [2.24, 2.45) is 5.92 Å². The lowest BCUT2D eigenvalue weighted by molar-refractivity contribution is -0.173. The normalized spacial score (nSPS) is 20.0. The third kappa shape index (κ3) is 3.26. The van der Waals surface area contributed by atoms with Gasteiger partial charge in [0.25, 0.3) is 5.78 Å². The Hall–Kier alpha value is -1.43. The van der Waals surface area contributed by atoms with E-state index in [4.69, 9.17) is 9.47 Å². The van der Waals surface area contributed by atoms with Gasteiger partial charge < -0.3 is 14.2 Å². The predicted molar refractivity (Wildman–Crippen MR) is 56.1 cm³/mol. The Kier molecular flexibility index (Phi) is 5.09. The molecule has 0 aliphatic carbocycles. The fourth-order valence-corrected chi connectivity index (χ4v) is 1.51. The second-order valence-corrected chi connectivity index (χ2v) is 3.51. The Bertz CT molecular complexity index is 307. The van der Waals surface area contributed by atoms with Crippen LogP contribution < -0.4 is 0 Å². The summed E-state index contributed by atoms with van der Waals surface area (Å²) < 4.78 is 14.4. The number of ether oxygens (including phenoxy) is 3. The zero-order valence-electron chi connectivity index (χ0n) is 9.93. The first-order chi connectivity index (χ1) is 8.11. The highest BCUT2D eigenvalue weighted by molar-refractivity contribution is 6.38. The summed E-state index contributed by atoms with van der Waals surface area (Å²) in [6.07, 6.45) is 0.000184. The minimum absolute atomic E-state index is 0.0889. The first kappa shape index (κ1) is 13.6. The topological polar surface area (TPSA) is 78.9 Å². The highest BCUT2D eigenvalue weighted by Crippen LogP contribution is 2.23. The molecule has 0 aromatic rings. The van der Waals surface area contributed by atoms with Crippen molar-refractivity contribution in [3.8, 4) is 0 Å². The van der Waals surface area contributed by atoms with Crippen LogP contribution in [0.15, 0.2) is 0 Å². The van der Waals surface area contributed by atoms with Crippen molar-refractivity contribution in [2.75, 3.05) is 19.8 Å². The second-order valence-electron chi connectivity index (χ2n) is 3.51. The Morgan fingerprint density at radius 2 is 1.82 bits per heavy atom. The molecular weight excluding hydrogens is 228 g/mol. The van der Waals surface area contributed by atoms with Crippen LogP contribution in [0, 0.1) is 5.92 Å².